The van der Waals surface area contributed by atoms with Crippen LogP contribution < -0.4 is 15.5 Å². The molecule has 3 aromatic carbocycles. The summed E-state index contributed by atoms with van der Waals surface area (Å²) >= 11 is 0. The van der Waals surface area contributed by atoms with E-state index in [0.29, 0.717) is 61.6 Å². The molecule has 5 aliphatic heterocycles. The van der Waals surface area contributed by atoms with Crippen molar-refractivity contribution in [2.75, 3.05) is 31.1 Å². The Kier molecular flexibility index (Phi) is 8.17. The minimum Gasteiger partial charge on any atom is -0.508 e. The first-order valence-electron chi connectivity index (χ1n) is 19.3. The number of terminal acetylenes is 1. The minimum absolute atomic E-state index is 0.00345. The van der Waals surface area contributed by atoms with Crippen molar-refractivity contribution in [3.63, 3.8) is 0 Å². The third-order valence-electron chi connectivity index (χ3n) is 13.1. The Morgan fingerprint density at radius 2 is 1.91 bits per heavy atom. The smallest absolute Gasteiger partial charge is 0.508 e. The SMILES string of the molecule is C#Cc1c(F)ccc2cc(O)cc(-c3c(F)c4c5c(nc(OC[C@@]67CCCN6C[C@H](F)C7)nc5c3F)N3C[C@H]5CC[C@@H]([C@H]3CCC4)N5Cc3oc(=O)oc3C)c12. The highest BCUT2D eigenvalue weighted by Gasteiger charge is 2.50. The number of benzene rings is 3. The van der Waals surface area contributed by atoms with E-state index in [9.17, 15) is 14.3 Å². The number of aromatic nitrogens is 2. The highest BCUT2D eigenvalue weighted by atomic mass is 19.1. The number of ether oxygens (including phenoxy) is 1. The van der Waals surface area contributed by atoms with Gasteiger partial charge in [0.2, 0.25) is 0 Å². The number of hydrogen-bond acceptors (Lipinski definition) is 10. The quantitative estimate of drug-likeness (QED) is 0.145. The fourth-order valence-corrected chi connectivity index (χ4v) is 10.7. The maximum atomic E-state index is 17.5. The monoisotopic (exact) mass is 769 g/mol. The first kappa shape index (κ1) is 35.3. The van der Waals surface area contributed by atoms with Crippen LogP contribution >= 0.6 is 0 Å². The lowest BCUT2D eigenvalue weighted by Crippen LogP contribution is -2.60. The largest absolute Gasteiger partial charge is 0.519 e. The van der Waals surface area contributed by atoms with Crippen molar-refractivity contribution in [2.45, 2.75) is 94.7 Å². The molecule has 5 aliphatic rings. The van der Waals surface area contributed by atoms with Crippen molar-refractivity contribution in [3.8, 4) is 35.2 Å². The molecule has 4 fully saturated rings. The second kappa shape index (κ2) is 13.0. The normalized spacial score (nSPS) is 26.0. The summed E-state index contributed by atoms with van der Waals surface area (Å²) in [6, 6.07) is 4.92. The summed E-state index contributed by atoms with van der Waals surface area (Å²) in [6.45, 7) is 3.74. The van der Waals surface area contributed by atoms with E-state index in [1.807, 2.05) is 0 Å². The topological polar surface area (TPSA) is 108 Å². The average molecular weight is 770 g/mol. The summed E-state index contributed by atoms with van der Waals surface area (Å²) in [5.74, 6) is -0.0535. The van der Waals surface area contributed by atoms with Crippen molar-refractivity contribution >= 4 is 27.5 Å². The molecule has 290 valence electrons. The van der Waals surface area contributed by atoms with Crippen molar-refractivity contribution in [3.05, 3.63) is 75.0 Å². The van der Waals surface area contributed by atoms with Crippen LogP contribution in [0.4, 0.5) is 23.4 Å². The zero-order valence-corrected chi connectivity index (χ0v) is 30.7. The van der Waals surface area contributed by atoms with Crippen molar-refractivity contribution in [2.24, 2.45) is 0 Å². The summed E-state index contributed by atoms with van der Waals surface area (Å²) in [7, 11) is 0. The van der Waals surface area contributed by atoms with Gasteiger partial charge in [-0.1, -0.05) is 12.0 Å². The van der Waals surface area contributed by atoms with Gasteiger partial charge >= 0.3 is 11.8 Å². The molecule has 0 spiro atoms. The van der Waals surface area contributed by atoms with Gasteiger partial charge in [0.1, 0.15) is 47.3 Å². The number of fused-ring (bicyclic) bond motifs is 7. The Bertz CT molecular complexity index is 2550. The molecule has 0 unspecified atom stereocenters. The molecule has 10 rings (SSSR count). The molecule has 0 saturated carbocycles. The second-order valence-corrected chi connectivity index (χ2v) is 16.1. The number of anilines is 1. The van der Waals surface area contributed by atoms with E-state index in [0.717, 1.165) is 38.3 Å². The number of halogens is 4. The predicted octanol–water partition coefficient (Wildman–Crippen LogP) is 6.92. The molecular formula is C42H39F4N5O5. The van der Waals surface area contributed by atoms with Gasteiger partial charge in [-0.25, -0.2) is 22.4 Å². The Labute approximate surface area is 319 Å². The Hall–Kier alpha value is -5.13. The first-order chi connectivity index (χ1) is 27.0. The molecule has 4 saturated heterocycles. The average Bonchev–Trinajstić information content (AvgIpc) is 3.87. The fourth-order valence-electron chi connectivity index (χ4n) is 10.7. The second-order valence-electron chi connectivity index (χ2n) is 16.1. The van der Waals surface area contributed by atoms with Crippen LogP contribution in [0, 0.1) is 36.7 Å². The van der Waals surface area contributed by atoms with Crippen LogP contribution in [-0.4, -0.2) is 81.0 Å². The van der Waals surface area contributed by atoms with E-state index >= 15 is 13.2 Å². The van der Waals surface area contributed by atoms with E-state index in [1.54, 1.807) is 6.92 Å². The molecule has 1 N–H and O–H groups in total. The van der Waals surface area contributed by atoms with E-state index < -0.39 is 40.5 Å². The van der Waals surface area contributed by atoms with E-state index in [2.05, 4.69) is 25.6 Å². The number of aromatic hydroxyl groups is 1. The van der Waals surface area contributed by atoms with Gasteiger partial charge in [0.25, 0.3) is 0 Å². The zero-order chi connectivity index (χ0) is 38.6. The molecule has 0 aliphatic carbocycles. The zero-order valence-electron chi connectivity index (χ0n) is 30.7. The standard InChI is InChI=1S/C42H39F4N5O5/c1-3-26-29(44)10-8-22-14-25(52)15-28(33(22)26)34-36(45)27-6-4-7-30-31-11-9-24(50(31)19-32-21(2)55-41(53)56-32)18-51(30)39-35(27)38(37(34)46)47-40(48-39)54-20-42-12-5-13-49(42)17-23(43)16-42/h1,8,10,14-15,23-24,30-31,52H,4-7,9,11-13,16-20H2,2H3/t23-,24-,30-,31+,42+/m1/s1. The molecule has 5 aromatic rings. The highest BCUT2D eigenvalue weighted by molar-refractivity contribution is 6.05. The van der Waals surface area contributed by atoms with Crippen LogP contribution in [0.15, 0.2) is 37.9 Å². The molecule has 0 radical (unpaired) electrons. The summed E-state index contributed by atoms with van der Waals surface area (Å²) in [6.07, 6.45) is 9.83. The van der Waals surface area contributed by atoms with E-state index in [4.69, 9.17) is 25.0 Å². The molecular weight excluding hydrogens is 730 g/mol. The summed E-state index contributed by atoms with van der Waals surface area (Å²) in [4.78, 5) is 28.1. The number of piperazine rings is 1. The van der Waals surface area contributed by atoms with Gasteiger partial charge < -0.3 is 23.6 Å². The summed E-state index contributed by atoms with van der Waals surface area (Å²) in [5.41, 5.74) is -1.28. The molecule has 2 bridgehead atoms. The number of phenols is 1. The molecule has 5 atom stereocenters. The lowest BCUT2D eigenvalue weighted by molar-refractivity contribution is 0.106. The van der Waals surface area contributed by atoms with Gasteiger partial charge in [-0.2, -0.15) is 9.97 Å². The third kappa shape index (κ3) is 5.34. The lowest BCUT2D eigenvalue weighted by Gasteiger charge is -2.48. The number of hydrogen-bond donors (Lipinski definition) is 1. The molecule has 10 nitrogen and oxygen atoms in total. The summed E-state index contributed by atoms with van der Waals surface area (Å²) < 4.78 is 81.8. The van der Waals surface area contributed by atoms with Crippen molar-refractivity contribution in [1.82, 2.24) is 19.8 Å². The molecule has 56 heavy (non-hydrogen) atoms. The Morgan fingerprint density at radius 3 is 2.71 bits per heavy atom. The van der Waals surface area contributed by atoms with E-state index in [-0.39, 0.29) is 75.9 Å². The number of alkyl halides is 1. The molecule has 14 heteroatoms. The number of phenolic OH excluding ortho intramolecular Hbond substituents is 1. The van der Waals surface area contributed by atoms with Crippen LogP contribution in [0.3, 0.4) is 0 Å². The van der Waals surface area contributed by atoms with Crippen LogP contribution in [0.2, 0.25) is 0 Å². The van der Waals surface area contributed by atoms with Gasteiger partial charge in [0, 0.05) is 54.1 Å². The van der Waals surface area contributed by atoms with Crippen LogP contribution in [0.25, 0.3) is 32.8 Å². The van der Waals surface area contributed by atoms with Gasteiger partial charge in [-0.3, -0.25) is 9.80 Å². The van der Waals surface area contributed by atoms with Gasteiger partial charge in [0.05, 0.1) is 28.6 Å². The first-order valence-corrected chi connectivity index (χ1v) is 19.3. The molecule has 2 aromatic heterocycles. The van der Waals surface area contributed by atoms with Crippen LogP contribution in [0.1, 0.15) is 67.6 Å². The number of aryl methyl sites for hydroxylation is 2. The molecule has 7 heterocycles. The number of rotatable bonds is 6. The maximum absolute atomic E-state index is 17.5. The maximum Gasteiger partial charge on any atom is 0.519 e. The Balaban J connectivity index is 1.16. The third-order valence-corrected chi connectivity index (χ3v) is 13.1. The van der Waals surface area contributed by atoms with Crippen molar-refractivity contribution < 1.29 is 36.2 Å². The minimum atomic E-state index is -1.02. The van der Waals surface area contributed by atoms with Gasteiger partial charge in [0.15, 0.2) is 11.6 Å². The van der Waals surface area contributed by atoms with Crippen LogP contribution in [0.5, 0.6) is 11.8 Å². The number of nitrogens with zero attached hydrogens (tertiary/aromatic N) is 5. The lowest BCUT2D eigenvalue weighted by atomic mass is 9.87. The summed E-state index contributed by atoms with van der Waals surface area (Å²) in [5, 5.41) is 11.4. The highest BCUT2D eigenvalue weighted by Crippen LogP contribution is 2.48. The van der Waals surface area contributed by atoms with Gasteiger partial charge in [-0.05, 0) is 82.0 Å². The van der Waals surface area contributed by atoms with Crippen LogP contribution in [-0.2, 0) is 13.0 Å². The van der Waals surface area contributed by atoms with Crippen molar-refractivity contribution in [1.29, 1.82) is 0 Å². The predicted molar refractivity (Wildman–Crippen MR) is 199 cm³/mol. The van der Waals surface area contributed by atoms with E-state index in [1.165, 1.54) is 18.2 Å². The van der Waals surface area contributed by atoms with Gasteiger partial charge in [-0.15, -0.1) is 6.42 Å². The Morgan fingerprint density at radius 1 is 1.05 bits per heavy atom. The molecule has 0 amide bonds. The fraction of sp³-hybridized carbons (Fsp3) is 0.452.